The van der Waals surface area contributed by atoms with E-state index in [4.69, 9.17) is 0 Å². The Hall–Kier alpha value is -4.07. The molecule has 0 aliphatic heterocycles. The van der Waals surface area contributed by atoms with Crippen LogP contribution in [-0.2, 0) is 11.2 Å². The largest absolute Gasteiger partial charge is 0.380 e. The Kier molecular flexibility index (Phi) is 8.30. The number of aromatic nitrogens is 4. The summed E-state index contributed by atoms with van der Waals surface area (Å²) in [6.07, 6.45) is 6.18. The molecule has 1 unspecified atom stereocenters. The lowest BCUT2D eigenvalue weighted by atomic mass is 9.79. The van der Waals surface area contributed by atoms with Gasteiger partial charge >= 0.3 is 0 Å². The average molecular weight is 527 g/mol. The highest BCUT2D eigenvalue weighted by Crippen LogP contribution is 2.37. The highest BCUT2D eigenvalue weighted by atomic mass is 19.1. The van der Waals surface area contributed by atoms with Gasteiger partial charge in [0.2, 0.25) is 11.7 Å². The van der Waals surface area contributed by atoms with Crippen LogP contribution in [0.15, 0.2) is 66.7 Å². The van der Waals surface area contributed by atoms with Crippen molar-refractivity contribution in [3.8, 4) is 22.5 Å². The van der Waals surface area contributed by atoms with Gasteiger partial charge in [-0.3, -0.25) is 4.79 Å². The molecule has 1 saturated carbocycles. The molecule has 0 bridgehead atoms. The minimum absolute atomic E-state index is 0.0496. The van der Waals surface area contributed by atoms with Crippen molar-refractivity contribution in [1.29, 1.82) is 0 Å². The predicted octanol–water partition coefficient (Wildman–Crippen LogP) is 6.87. The zero-order chi connectivity index (χ0) is 27.2. The number of nitrogens with one attached hydrogen (secondary N) is 3. The molecule has 1 aliphatic carbocycles. The van der Waals surface area contributed by atoms with E-state index >= 15 is 0 Å². The first-order chi connectivity index (χ1) is 19.0. The van der Waals surface area contributed by atoms with Crippen molar-refractivity contribution in [3.05, 3.63) is 78.1 Å². The van der Waals surface area contributed by atoms with Gasteiger partial charge in [-0.25, -0.2) is 4.39 Å². The number of aromatic amines is 1. The summed E-state index contributed by atoms with van der Waals surface area (Å²) in [5.41, 5.74) is 4.55. The fraction of sp³-hybridized carbons (Fsp3) is 0.355. The van der Waals surface area contributed by atoms with Crippen LogP contribution in [0, 0.1) is 17.7 Å². The van der Waals surface area contributed by atoms with Crippen molar-refractivity contribution in [2.24, 2.45) is 11.8 Å². The third-order valence-corrected chi connectivity index (χ3v) is 7.62. The van der Waals surface area contributed by atoms with Gasteiger partial charge in [0.1, 0.15) is 5.82 Å². The average Bonchev–Trinajstić information content (AvgIpc) is 3.49. The predicted molar refractivity (Wildman–Crippen MR) is 153 cm³/mol. The minimum atomic E-state index is -0.383. The number of anilines is 2. The van der Waals surface area contributed by atoms with Gasteiger partial charge in [-0.1, -0.05) is 81.6 Å². The maximum atomic E-state index is 14.3. The third-order valence-electron chi connectivity index (χ3n) is 7.62. The number of hydrogen-bond donors (Lipinski definition) is 3. The quantitative estimate of drug-likeness (QED) is 0.221. The zero-order valence-corrected chi connectivity index (χ0v) is 22.5. The first-order valence-corrected chi connectivity index (χ1v) is 13.8. The van der Waals surface area contributed by atoms with Gasteiger partial charge < -0.3 is 10.6 Å². The summed E-state index contributed by atoms with van der Waals surface area (Å²) >= 11 is 0. The first-order valence-electron chi connectivity index (χ1n) is 13.8. The van der Waals surface area contributed by atoms with E-state index in [2.05, 4.69) is 45.1 Å². The molecule has 202 valence electrons. The Labute approximate surface area is 228 Å². The molecule has 5 rings (SSSR count). The fourth-order valence-corrected chi connectivity index (χ4v) is 5.66. The van der Waals surface area contributed by atoms with Crippen LogP contribution in [0.5, 0.6) is 0 Å². The molecule has 1 amide bonds. The molecule has 1 aliphatic rings. The summed E-state index contributed by atoms with van der Waals surface area (Å²) in [6.45, 7) is 4.50. The molecular weight excluding hydrogens is 491 g/mol. The van der Waals surface area contributed by atoms with Crippen LogP contribution in [0.2, 0.25) is 0 Å². The Morgan fingerprint density at radius 1 is 0.974 bits per heavy atom. The van der Waals surface area contributed by atoms with Gasteiger partial charge in [0.05, 0.1) is 17.8 Å². The van der Waals surface area contributed by atoms with E-state index < -0.39 is 0 Å². The van der Waals surface area contributed by atoms with E-state index in [1.165, 1.54) is 38.2 Å². The van der Waals surface area contributed by atoms with Crippen molar-refractivity contribution in [3.63, 3.8) is 0 Å². The molecule has 3 aromatic carbocycles. The highest BCUT2D eigenvalue weighted by Gasteiger charge is 2.27. The lowest BCUT2D eigenvalue weighted by Crippen LogP contribution is -2.35. The molecule has 1 fully saturated rings. The lowest BCUT2D eigenvalue weighted by molar-refractivity contribution is -0.115. The number of amides is 1. The van der Waals surface area contributed by atoms with Crippen LogP contribution in [0.4, 0.5) is 15.8 Å². The summed E-state index contributed by atoms with van der Waals surface area (Å²) in [6, 6.07) is 20.5. The van der Waals surface area contributed by atoms with E-state index in [9.17, 15) is 9.18 Å². The summed E-state index contributed by atoms with van der Waals surface area (Å²) < 4.78 is 14.3. The number of rotatable bonds is 9. The Balaban J connectivity index is 1.50. The maximum absolute atomic E-state index is 14.3. The molecule has 8 heteroatoms. The van der Waals surface area contributed by atoms with Crippen LogP contribution in [0.3, 0.4) is 0 Å². The van der Waals surface area contributed by atoms with E-state index in [-0.39, 0.29) is 24.2 Å². The molecular formula is C31H35FN6O. The Morgan fingerprint density at radius 3 is 2.44 bits per heavy atom. The molecule has 39 heavy (non-hydrogen) atoms. The maximum Gasteiger partial charge on any atom is 0.228 e. The topological polar surface area (TPSA) is 95.6 Å². The number of benzene rings is 3. The van der Waals surface area contributed by atoms with Gasteiger partial charge in [-0.15, -0.1) is 10.2 Å². The standard InChI is InChI=1S/C31H35FN6O/c1-20(2)30(21-10-4-3-5-11-21)34-27-17-16-22(24-13-7-8-14-25(24)31-35-37-38-36-31)18-28(27)33-29(39)19-23-12-6-9-15-26(23)32/h6-9,12-18,20-21,30,34H,3-5,10-11,19H2,1-2H3,(H,33,39)(H,35,36,37,38). The summed E-state index contributed by atoms with van der Waals surface area (Å²) in [5.74, 6) is 0.847. The summed E-state index contributed by atoms with van der Waals surface area (Å²) in [4.78, 5) is 13.2. The van der Waals surface area contributed by atoms with Gasteiger partial charge in [-0.2, -0.15) is 5.21 Å². The number of carbonyl (C=O) groups is 1. The molecule has 0 spiro atoms. The third kappa shape index (κ3) is 6.33. The van der Waals surface area contributed by atoms with Crippen molar-refractivity contribution in [2.45, 2.75) is 58.4 Å². The molecule has 1 atom stereocenters. The SMILES string of the molecule is CC(C)C(Nc1ccc(-c2ccccc2-c2nn[nH]n2)cc1NC(=O)Cc1ccccc1F)C1CCCCC1. The molecule has 1 heterocycles. The first kappa shape index (κ1) is 26.5. The van der Waals surface area contributed by atoms with Crippen LogP contribution in [0.1, 0.15) is 51.5 Å². The van der Waals surface area contributed by atoms with Gasteiger partial charge in [0.15, 0.2) is 0 Å². The lowest BCUT2D eigenvalue weighted by Gasteiger charge is -2.35. The van der Waals surface area contributed by atoms with Crippen LogP contribution in [0.25, 0.3) is 22.5 Å². The van der Waals surface area contributed by atoms with E-state index in [1.54, 1.807) is 18.2 Å². The summed E-state index contributed by atoms with van der Waals surface area (Å²) in [5, 5.41) is 21.4. The van der Waals surface area contributed by atoms with E-state index in [0.29, 0.717) is 28.9 Å². The van der Waals surface area contributed by atoms with Crippen LogP contribution < -0.4 is 10.6 Å². The second-order valence-electron chi connectivity index (χ2n) is 10.7. The van der Waals surface area contributed by atoms with Crippen LogP contribution in [-0.4, -0.2) is 32.6 Å². The second-order valence-corrected chi connectivity index (χ2v) is 10.7. The van der Waals surface area contributed by atoms with Crippen molar-refractivity contribution < 1.29 is 9.18 Å². The van der Waals surface area contributed by atoms with Crippen molar-refractivity contribution in [2.75, 3.05) is 10.6 Å². The van der Waals surface area contributed by atoms with Gasteiger partial charge in [0, 0.05) is 11.6 Å². The molecule has 1 aromatic heterocycles. The summed E-state index contributed by atoms with van der Waals surface area (Å²) in [7, 11) is 0. The van der Waals surface area contributed by atoms with Gasteiger partial charge in [-0.05, 0) is 64.8 Å². The molecule has 0 saturated heterocycles. The normalized spacial score (nSPS) is 14.8. The number of hydrogen-bond acceptors (Lipinski definition) is 5. The van der Waals surface area contributed by atoms with Crippen molar-refractivity contribution in [1.82, 2.24) is 20.6 Å². The molecule has 7 nitrogen and oxygen atoms in total. The zero-order valence-electron chi connectivity index (χ0n) is 22.5. The Bertz CT molecular complexity index is 1400. The molecule has 3 N–H and O–H groups in total. The highest BCUT2D eigenvalue weighted by molar-refractivity contribution is 5.97. The fourth-order valence-electron chi connectivity index (χ4n) is 5.66. The van der Waals surface area contributed by atoms with Gasteiger partial charge in [0.25, 0.3) is 0 Å². The van der Waals surface area contributed by atoms with E-state index in [0.717, 1.165) is 22.4 Å². The Morgan fingerprint density at radius 2 is 1.72 bits per heavy atom. The smallest absolute Gasteiger partial charge is 0.228 e. The molecule has 4 aromatic rings. The van der Waals surface area contributed by atoms with Crippen LogP contribution >= 0.6 is 0 Å². The number of carbonyl (C=O) groups excluding carboxylic acids is 1. The molecule has 0 radical (unpaired) electrons. The number of halogens is 1. The van der Waals surface area contributed by atoms with E-state index in [1.807, 2.05) is 42.5 Å². The monoisotopic (exact) mass is 526 g/mol. The van der Waals surface area contributed by atoms with Crippen molar-refractivity contribution >= 4 is 17.3 Å². The second kappa shape index (κ2) is 12.2. The number of H-pyrrole nitrogens is 1. The minimum Gasteiger partial charge on any atom is -0.380 e. The number of tetrazole rings is 1. The number of nitrogens with zero attached hydrogens (tertiary/aromatic N) is 3.